The summed E-state index contributed by atoms with van der Waals surface area (Å²) in [5, 5.41) is 3.11. The first kappa shape index (κ1) is 8.46. The molecule has 0 spiro atoms. The highest BCUT2D eigenvalue weighted by atomic mass is 32.1. The molecule has 0 amide bonds. The lowest BCUT2D eigenvalue weighted by Crippen LogP contribution is -1.70. The molecule has 0 saturated carbocycles. The van der Waals surface area contributed by atoms with Crippen molar-refractivity contribution in [2.75, 3.05) is 0 Å². The van der Waals surface area contributed by atoms with Crippen molar-refractivity contribution in [3.05, 3.63) is 35.6 Å². The summed E-state index contributed by atoms with van der Waals surface area (Å²) in [5.41, 5.74) is 1.41. The van der Waals surface area contributed by atoms with Gasteiger partial charge < -0.3 is 0 Å². The fraction of sp³-hybridized carbons (Fsp3) is 0.111. The maximum absolute atomic E-state index is 2.25. The molecule has 1 aromatic heterocycles. The van der Waals surface area contributed by atoms with Gasteiger partial charge in [-0.25, -0.2) is 0 Å². The normalized spacial score (nSPS) is 12.1. The van der Waals surface area contributed by atoms with E-state index in [0.717, 1.165) is 7.55 Å². The molecule has 0 aliphatic carbocycles. The summed E-state index contributed by atoms with van der Waals surface area (Å²) in [7, 11) is 4.13. The first-order chi connectivity index (χ1) is 5.88. The monoisotopic (exact) mass is 210 g/mol. The third-order valence-electron chi connectivity index (χ3n) is 1.77. The number of aryl methyl sites for hydroxylation is 1. The van der Waals surface area contributed by atoms with Gasteiger partial charge in [-0.1, -0.05) is 37.9 Å². The van der Waals surface area contributed by atoms with Crippen LogP contribution in [0.25, 0.3) is 10.9 Å². The largest absolute Gasteiger partial charge is 0.0809 e. The van der Waals surface area contributed by atoms with E-state index >= 15 is 0 Å². The van der Waals surface area contributed by atoms with E-state index < -0.39 is 0 Å². The van der Waals surface area contributed by atoms with Crippen molar-refractivity contribution in [3.63, 3.8) is 0 Å². The summed E-state index contributed by atoms with van der Waals surface area (Å²) in [5.74, 6) is 0. The van der Waals surface area contributed by atoms with Crippen LogP contribution in [-0.2, 0) is 0 Å². The molecule has 1 atom stereocenters. The standard InChI is InChI=1S/C9H9P3/c1-7-9(11-12-10-7)8-5-3-2-4-6-8/h2-6,12H,1H3. The number of rotatable bonds is 1. The molecule has 60 valence electrons. The minimum atomic E-state index is 1.07. The van der Waals surface area contributed by atoms with Gasteiger partial charge in [0.15, 0.2) is 0 Å². The molecule has 0 N–H and O–H groups in total. The SMILES string of the molecule is Cc1p[pH]pc1-c1ccccc1. The summed E-state index contributed by atoms with van der Waals surface area (Å²) in [4.78, 5) is 0. The van der Waals surface area contributed by atoms with Crippen LogP contribution in [0.15, 0.2) is 30.3 Å². The van der Waals surface area contributed by atoms with Gasteiger partial charge in [-0.05, 0) is 33.5 Å². The van der Waals surface area contributed by atoms with Crippen molar-refractivity contribution in [3.8, 4) is 10.9 Å². The van der Waals surface area contributed by atoms with E-state index in [2.05, 4.69) is 37.3 Å². The number of hydrogen-bond acceptors (Lipinski definition) is 0. The molecule has 0 radical (unpaired) electrons. The van der Waals surface area contributed by atoms with Crippen LogP contribution in [-0.4, -0.2) is 0 Å². The summed E-state index contributed by atoms with van der Waals surface area (Å²) in [6, 6.07) is 10.7. The Bertz CT molecular complexity index is 364. The second-order valence-corrected chi connectivity index (χ2v) is 8.13. The van der Waals surface area contributed by atoms with E-state index in [1.165, 1.54) is 21.3 Å². The molecule has 0 saturated heterocycles. The Labute approximate surface area is 77.1 Å². The highest BCUT2D eigenvalue weighted by Crippen LogP contribution is 2.46. The van der Waals surface area contributed by atoms with Crippen molar-refractivity contribution in [1.82, 2.24) is 0 Å². The van der Waals surface area contributed by atoms with E-state index in [1.54, 1.807) is 10.6 Å². The summed E-state index contributed by atoms with van der Waals surface area (Å²) < 4.78 is 0. The lowest BCUT2D eigenvalue weighted by atomic mass is 10.2. The topological polar surface area (TPSA) is 0 Å². The molecule has 1 unspecified atom stereocenters. The molecule has 0 aliphatic heterocycles. The van der Waals surface area contributed by atoms with Crippen LogP contribution in [0.4, 0.5) is 0 Å². The lowest BCUT2D eigenvalue weighted by molar-refractivity contribution is 1.62. The summed E-state index contributed by atoms with van der Waals surface area (Å²) in [6.45, 7) is 2.25. The Kier molecular flexibility index (Phi) is 2.62. The zero-order chi connectivity index (χ0) is 8.39. The molecule has 2 rings (SSSR count). The highest BCUT2D eigenvalue weighted by molar-refractivity contribution is 8.18. The Morgan fingerprint density at radius 1 is 1.08 bits per heavy atom. The van der Waals surface area contributed by atoms with Crippen LogP contribution in [0.1, 0.15) is 5.30 Å². The van der Waals surface area contributed by atoms with Gasteiger partial charge in [0.25, 0.3) is 0 Å². The average molecular weight is 210 g/mol. The maximum Gasteiger partial charge on any atom is 0.0208 e. The van der Waals surface area contributed by atoms with Gasteiger partial charge >= 0.3 is 0 Å². The van der Waals surface area contributed by atoms with E-state index in [4.69, 9.17) is 0 Å². The van der Waals surface area contributed by atoms with Crippen LogP contribution in [0, 0.1) is 6.92 Å². The molecular weight excluding hydrogens is 201 g/mol. The molecular formula is C9H9P3. The van der Waals surface area contributed by atoms with Crippen molar-refractivity contribution >= 4 is 23.3 Å². The van der Waals surface area contributed by atoms with Gasteiger partial charge in [-0.15, -0.1) is 0 Å². The van der Waals surface area contributed by atoms with Crippen LogP contribution in [0.5, 0.6) is 0 Å². The van der Waals surface area contributed by atoms with Gasteiger partial charge in [-0.2, -0.15) is 0 Å². The molecule has 0 fully saturated rings. The summed E-state index contributed by atoms with van der Waals surface area (Å²) in [6.07, 6.45) is 0. The van der Waals surface area contributed by atoms with Crippen LogP contribution < -0.4 is 0 Å². The van der Waals surface area contributed by atoms with Gasteiger partial charge in [-0.3, -0.25) is 0 Å². The number of hydrogen-bond donors (Lipinski definition) is 0. The smallest absolute Gasteiger partial charge is 0.0208 e. The molecule has 2 aromatic rings. The predicted molar refractivity (Wildman–Crippen MR) is 61.1 cm³/mol. The summed E-state index contributed by atoms with van der Waals surface area (Å²) >= 11 is 0. The van der Waals surface area contributed by atoms with Crippen LogP contribution >= 0.6 is 23.3 Å². The molecule has 0 aliphatic rings. The minimum Gasteiger partial charge on any atom is -0.0809 e. The third kappa shape index (κ3) is 1.62. The molecule has 1 heterocycles. The quantitative estimate of drug-likeness (QED) is 0.630. The molecule has 12 heavy (non-hydrogen) atoms. The number of benzene rings is 1. The first-order valence-corrected chi connectivity index (χ1v) is 8.28. The molecule has 1 aromatic carbocycles. The Morgan fingerprint density at radius 2 is 1.83 bits per heavy atom. The van der Waals surface area contributed by atoms with Crippen molar-refractivity contribution < 1.29 is 0 Å². The van der Waals surface area contributed by atoms with E-state index in [0.29, 0.717) is 0 Å². The van der Waals surface area contributed by atoms with Crippen molar-refractivity contribution in [1.29, 1.82) is 0 Å². The third-order valence-corrected chi connectivity index (χ3v) is 7.60. The van der Waals surface area contributed by atoms with Crippen LogP contribution in [0.2, 0.25) is 0 Å². The van der Waals surface area contributed by atoms with E-state index in [-0.39, 0.29) is 0 Å². The first-order valence-electron chi connectivity index (χ1n) is 3.81. The average Bonchev–Trinajstić information content (AvgIpc) is 2.53. The zero-order valence-corrected chi connectivity index (χ0v) is 9.57. The second-order valence-electron chi connectivity index (χ2n) is 2.62. The fourth-order valence-corrected chi connectivity index (χ4v) is 7.82. The molecule has 3 heteroatoms. The Hall–Kier alpha value is -0.140. The lowest BCUT2D eigenvalue weighted by Gasteiger charge is -1.97. The van der Waals surface area contributed by atoms with E-state index in [1.807, 2.05) is 0 Å². The van der Waals surface area contributed by atoms with Gasteiger partial charge in [0, 0.05) is 5.30 Å². The van der Waals surface area contributed by atoms with Crippen molar-refractivity contribution in [2.45, 2.75) is 6.92 Å². The maximum atomic E-state index is 2.25. The zero-order valence-electron chi connectivity index (χ0n) is 6.78. The predicted octanol–water partition coefficient (Wildman–Crippen LogP) is 4.85. The van der Waals surface area contributed by atoms with Gasteiger partial charge in [0.2, 0.25) is 0 Å². The second kappa shape index (κ2) is 3.71. The van der Waals surface area contributed by atoms with Gasteiger partial charge in [0.1, 0.15) is 0 Å². The van der Waals surface area contributed by atoms with E-state index in [9.17, 15) is 0 Å². The molecule has 0 bridgehead atoms. The van der Waals surface area contributed by atoms with Crippen molar-refractivity contribution in [2.24, 2.45) is 0 Å². The minimum absolute atomic E-state index is 1.07. The van der Waals surface area contributed by atoms with Gasteiger partial charge in [0.05, 0.1) is 0 Å². The fourth-order valence-electron chi connectivity index (χ4n) is 1.15. The van der Waals surface area contributed by atoms with Crippen LogP contribution in [0.3, 0.4) is 0 Å². The highest BCUT2D eigenvalue weighted by Gasteiger charge is 2.00. The Balaban J connectivity index is 2.51. The Morgan fingerprint density at radius 3 is 2.42 bits per heavy atom. The molecule has 0 nitrogen and oxygen atoms in total.